The van der Waals surface area contributed by atoms with Crippen LogP contribution in [0.15, 0.2) is 29.8 Å². The Morgan fingerprint density at radius 1 is 1.26 bits per heavy atom. The number of aldehydes is 1. The Labute approximate surface area is 159 Å². The summed E-state index contributed by atoms with van der Waals surface area (Å²) in [6, 6.07) is 7.05. The van der Waals surface area contributed by atoms with Gasteiger partial charge in [0.15, 0.2) is 5.78 Å². The highest BCUT2D eigenvalue weighted by atomic mass is 16.3. The SMILES string of the molecule is CC1/C(=C/c2ccc(C(O)C(O)C(=O)CO)cc2)C2CCC(C)(C=O)C12C. The first-order valence-corrected chi connectivity index (χ1v) is 9.47. The second-order valence-corrected chi connectivity index (χ2v) is 8.46. The second kappa shape index (κ2) is 6.97. The van der Waals surface area contributed by atoms with Gasteiger partial charge in [0.2, 0.25) is 0 Å². The third-order valence-electron chi connectivity index (χ3n) is 7.36. The monoisotopic (exact) mass is 372 g/mol. The second-order valence-electron chi connectivity index (χ2n) is 8.46. The number of fused-ring (bicyclic) bond motifs is 1. The molecule has 2 aliphatic carbocycles. The van der Waals surface area contributed by atoms with Crippen LogP contribution in [0.3, 0.4) is 0 Å². The number of benzene rings is 1. The van der Waals surface area contributed by atoms with E-state index in [1.807, 2.05) is 12.1 Å². The molecule has 0 bridgehead atoms. The van der Waals surface area contributed by atoms with E-state index in [2.05, 4.69) is 26.8 Å². The van der Waals surface area contributed by atoms with Crippen molar-refractivity contribution in [3.05, 3.63) is 41.0 Å². The van der Waals surface area contributed by atoms with Crippen molar-refractivity contribution < 1.29 is 24.9 Å². The van der Waals surface area contributed by atoms with E-state index in [4.69, 9.17) is 5.11 Å². The van der Waals surface area contributed by atoms with Crippen LogP contribution in [0.5, 0.6) is 0 Å². The van der Waals surface area contributed by atoms with Gasteiger partial charge in [-0.15, -0.1) is 0 Å². The standard InChI is InChI=1S/C22H28O5/c1-13-16(17-8-9-21(2,12-24)22(13,17)3)10-14-4-6-15(7-5-14)19(26)20(27)18(25)11-23/h4-7,10,12-13,17,19-20,23,26-27H,8-9,11H2,1-3H3/b16-10-. The minimum atomic E-state index is -1.63. The number of hydrogen-bond donors (Lipinski definition) is 3. The third-order valence-corrected chi connectivity index (χ3v) is 7.36. The van der Waals surface area contributed by atoms with Crippen LogP contribution in [0.1, 0.15) is 50.8 Å². The molecule has 5 heteroatoms. The van der Waals surface area contributed by atoms with Gasteiger partial charge in [-0.05, 0) is 41.2 Å². The van der Waals surface area contributed by atoms with Gasteiger partial charge in [0.25, 0.3) is 0 Å². The van der Waals surface area contributed by atoms with Crippen LogP contribution in [-0.2, 0) is 9.59 Å². The lowest BCUT2D eigenvalue weighted by Crippen LogP contribution is -2.53. The first-order valence-electron chi connectivity index (χ1n) is 9.47. The van der Waals surface area contributed by atoms with E-state index in [0.717, 1.165) is 24.7 Å². The average Bonchev–Trinajstić information content (AvgIpc) is 2.94. The Balaban J connectivity index is 1.78. The topological polar surface area (TPSA) is 94.8 Å². The molecule has 0 aromatic heterocycles. The molecule has 3 N–H and O–H groups in total. The molecule has 3 rings (SSSR count). The first-order chi connectivity index (χ1) is 12.7. The molecule has 0 spiro atoms. The summed E-state index contributed by atoms with van der Waals surface area (Å²) in [7, 11) is 0. The quantitative estimate of drug-likeness (QED) is 0.666. The number of Topliss-reactive ketones (excluding diaryl/α,β-unsaturated/α-hetero) is 1. The third kappa shape index (κ3) is 2.89. The zero-order valence-electron chi connectivity index (χ0n) is 16.1. The minimum absolute atomic E-state index is 0.00544. The average molecular weight is 372 g/mol. The van der Waals surface area contributed by atoms with Gasteiger partial charge in [-0.2, -0.15) is 0 Å². The van der Waals surface area contributed by atoms with Crippen LogP contribution in [0.2, 0.25) is 0 Å². The zero-order valence-corrected chi connectivity index (χ0v) is 16.1. The highest BCUT2D eigenvalue weighted by Crippen LogP contribution is 2.71. The van der Waals surface area contributed by atoms with Crippen LogP contribution in [0, 0.1) is 22.7 Å². The Bertz CT molecular complexity index is 767. The summed E-state index contributed by atoms with van der Waals surface area (Å²) in [6.07, 6.45) is 2.23. The van der Waals surface area contributed by atoms with Crippen molar-refractivity contribution in [2.75, 3.05) is 6.61 Å². The molecule has 2 saturated carbocycles. The van der Waals surface area contributed by atoms with Crippen molar-refractivity contribution in [3.8, 4) is 0 Å². The van der Waals surface area contributed by atoms with E-state index >= 15 is 0 Å². The predicted octanol–water partition coefficient (Wildman–Crippen LogP) is 2.30. The fourth-order valence-corrected chi connectivity index (χ4v) is 5.12. The van der Waals surface area contributed by atoms with Gasteiger partial charge in [0, 0.05) is 5.41 Å². The summed E-state index contributed by atoms with van der Waals surface area (Å²) in [5, 5.41) is 28.6. The van der Waals surface area contributed by atoms with E-state index in [0.29, 0.717) is 17.4 Å². The molecular formula is C22H28O5. The van der Waals surface area contributed by atoms with E-state index in [1.54, 1.807) is 12.1 Å². The van der Waals surface area contributed by atoms with Gasteiger partial charge < -0.3 is 20.1 Å². The van der Waals surface area contributed by atoms with E-state index in [9.17, 15) is 19.8 Å². The summed E-state index contributed by atoms with van der Waals surface area (Å²) < 4.78 is 0. The van der Waals surface area contributed by atoms with Crippen LogP contribution < -0.4 is 0 Å². The molecule has 1 aromatic rings. The van der Waals surface area contributed by atoms with Gasteiger partial charge >= 0.3 is 0 Å². The maximum Gasteiger partial charge on any atom is 0.189 e. The van der Waals surface area contributed by atoms with Gasteiger partial charge in [0.05, 0.1) is 0 Å². The Hall–Kier alpha value is -1.82. The molecule has 1 aromatic carbocycles. The van der Waals surface area contributed by atoms with Crippen molar-refractivity contribution in [1.29, 1.82) is 0 Å². The highest BCUT2D eigenvalue weighted by Gasteiger charge is 2.65. The van der Waals surface area contributed by atoms with E-state index in [-0.39, 0.29) is 10.8 Å². The van der Waals surface area contributed by atoms with Gasteiger partial charge in [-0.1, -0.05) is 56.7 Å². The molecule has 2 fully saturated rings. The number of aliphatic hydroxyl groups excluding tert-OH is 3. The molecule has 27 heavy (non-hydrogen) atoms. The Morgan fingerprint density at radius 3 is 2.44 bits per heavy atom. The number of hydrogen-bond acceptors (Lipinski definition) is 5. The van der Waals surface area contributed by atoms with Crippen LogP contribution in [0.25, 0.3) is 6.08 Å². The van der Waals surface area contributed by atoms with Crippen molar-refractivity contribution >= 4 is 18.1 Å². The highest BCUT2D eigenvalue weighted by molar-refractivity contribution is 5.84. The number of aliphatic hydroxyl groups is 3. The largest absolute Gasteiger partial charge is 0.388 e. The molecular weight excluding hydrogens is 344 g/mol. The van der Waals surface area contributed by atoms with Gasteiger partial charge in [0.1, 0.15) is 25.1 Å². The van der Waals surface area contributed by atoms with Gasteiger partial charge in [-0.3, -0.25) is 4.79 Å². The minimum Gasteiger partial charge on any atom is -0.388 e. The van der Waals surface area contributed by atoms with Crippen LogP contribution in [-0.4, -0.2) is 40.1 Å². The maximum absolute atomic E-state index is 11.7. The van der Waals surface area contributed by atoms with Crippen molar-refractivity contribution in [2.45, 2.75) is 45.8 Å². The maximum atomic E-state index is 11.7. The number of ketones is 1. The lowest BCUT2D eigenvalue weighted by Gasteiger charge is -2.57. The summed E-state index contributed by atoms with van der Waals surface area (Å²) >= 11 is 0. The van der Waals surface area contributed by atoms with Crippen LogP contribution >= 0.6 is 0 Å². The zero-order chi connectivity index (χ0) is 20.0. The molecule has 0 heterocycles. The summed E-state index contributed by atoms with van der Waals surface area (Å²) in [5.41, 5.74) is 2.50. The summed E-state index contributed by atoms with van der Waals surface area (Å²) in [6.45, 7) is 5.67. The number of allylic oxidation sites excluding steroid dienone is 1. The summed E-state index contributed by atoms with van der Waals surface area (Å²) in [5.74, 6) is -0.0674. The van der Waals surface area contributed by atoms with Crippen molar-refractivity contribution in [2.24, 2.45) is 22.7 Å². The molecule has 2 aliphatic rings. The molecule has 6 unspecified atom stereocenters. The number of carbonyl (C=O) groups excluding carboxylic acids is 2. The molecule has 146 valence electrons. The normalized spacial score (nSPS) is 36.0. The fourth-order valence-electron chi connectivity index (χ4n) is 5.12. The smallest absolute Gasteiger partial charge is 0.189 e. The lowest BCUT2D eigenvalue weighted by atomic mass is 9.46. The Kier molecular flexibility index (Phi) is 5.14. The first kappa shape index (κ1) is 19.9. The molecule has 0 saturated heterocycles. The molecule has 6 atom stereocenters. The lowest BCUT2D eigenvalue weighted by molar-refractivity contribution is -0.136. The molecule has 0 aliphatic heterocycles. The van der Waals surface area contributed by atoms with Gasteiger partial charge in [-0.25, -0.2) is 0 Å². The van der Waals surface area contributed by atoms with E-state index in [1.165, 1.54) is 5.57 Å². The number of carbonyl (C=O) groups is 2. The summed E-state index contributed by atoms with van der Waals surface area (Å²) in [4.78, 5) is 23.0. The fraction of sp³-hybridized carbons (Fsp3) is 0.545. The Morgan fingerprint density at radius 2 is 1.89 bits per heavy atom. The van der Waals surface area contributed by atoms with E-state index < -0.39 is 24.6 Å². The predicted molar refractivity (Wildman–Crippen MR) is 102 cm³/mol. The van der Waals surface area contributed by atoms with Crippen molar-refractivity contribution in [3.63, 3.8) is 0 Å². The van der Waals surface area contributed by atoms with Crippen molar-refractivity contribution in [1.82, 2.24) is 0 Å². The molecule has 0 radical (unpaired) electrons. The van der Waals surface area contributed by atoms with Crippen LogP contribution in [0.4, 0.5) is 0 Å². The molecule has 5 nitrogen and oxygen atoms in total. The number of rotatable bonds is 6. The molecule has 0 amide bonds.